The van der Waals surface area contributed by atoms with Crippen molar-refractivity contribution >= 4 is 11.6 Å². The molecule has 0 radical (unpaired) electrons. The smallest absolute Gasteiger partial charge is 0.227 e. The Labute approximate surface area is 117 Å². The van der Waals surface area contributed by atoms with Crippen molar-refractivity contribution in [1.29, 1.82) is 0 Å². The Bertz CT molecular complexity index is 515. The standard InChI is InChI=1S/C13H17ClN4O/c14-10-6-5-9-16-12(10)13-17-11(19-18-13)7-3-1-2-4-8-15/h5-6,9H,1-4,7-8,15H2. The van der Waals surface area contributed by atoms with E-state index in [2.05, 4.69) is 15.1 Å². The lowest BCUT2D eigenvalue weighted by Crippen LogP contribution is -1.97. The molecule has 0 amide bonds. The molecule has 0 aromatic carbocycles. The Morgan fingerprint density at radius 2 is 2.05 bits per heavy atom. The van der Waals surface area contributed by atoms with Gasteiger partial charge in [-0.05, 0) is 31.5 Å². The zero-order valence-corrected chi connectivity index (χ0v) is 11.4. The first-order valence-electron chi connectivity index (χ1n) is 6.45. The number of aromatic nitrogens is 3. The Morgan fingerprint density at radius 3 is 2.84 bits per heavy atom. The third-order valence-electron chi connectivity index (χ3n) is 2.78. The van der Waals surface area contributed by atoms with Crippen molar-refractivity contribution in [3.8, 4) is 11.5 Å². The van der Waals surface area contributed by atoms with E-state index in [4.69, 9.17) is 21.9 Å². The van der Waals surface area contributed by atoms with Crippen molar-refractivity contribution in [2.24, 2.45) is 5.73 Å². The first kappa shape index (κ1) is 14.0. The highest BCUT2D eigenvalue weighted by atomic mass is 35.5. The zero-order valence-electron chi connectivity index (χ0n) is 10.7. The number of aryl methyl sites for hydroxylation is 1. The van der Waals surface area contributed by atoms with E-state index in [0.717, 1.165) is 38.6 Å². The topological polar surface area (TPSA) is 77.8 Å². The van der Waals surface area contributed by atoms with E-state index in [-0.39, 0.29) is 0 Å². The van der Waals surface area contributed by atoms with Crippen LogP contribution in [0, 0.1) is 0 Å². The maximum absolute atomic E-state index is 6.03. The molecule has 2 heterocycles. The van der Waals surface area contributed by atoms with Crippen molar-refractivity contribution in [3.05, 3.63) is 29.2 Å². The van der Waals surface area contributed by atoms with Gasteiger partial charge >= 0.3 is 0 Å². The van der Waals surface area contributed by atoms with Gasteiger partial charge in [0, 0.05) is 12.6 Å². The molecule has 6 heteroatoms. The van der Waals surface area contributed by atoms with Gasteiger partial charge in [-0.3, -0.25) is 4.98 Å². The molecule has 0 spiro atoms. The highest BCUT2D eigenvalue weighted by molar-refractivity contribution is 6.32. The van der Waals surface area contributed by atoms with Gasteiger partial charge in [-0.25, -0.2) is 0 Å². The Hall–Kier alpha value is -1.46. The SMILES string of the molecule is NCCCCCCc1nc(-c2ncccc2Cl)no1. The van der Waals surface area contributed by atoms with Crippen LogP contribution in [0.25, 0.3) is 11.5 Å². The van der Waals surface area contributed by atoms with Gasteiger partial charge in [0.1, 0.15) is 5.69 Å². The van der Waals surface area contributed by atoms with Crippen LogP contribution in [0.3, 0.4) is 0 Å². The summed E-state index contributed by atoms with van der Waals surface area (Å²) in [7, 11) is 0. The van der Waals surface area contributed by atoms with Gasteiger partial charge < -0.3 is 10.3 Å². The van der Waals surface area contributed by atoms with Gasteiger partial charge in [0.15, 0.2) is 0 Å². The summed E-state index contributed by atoms with van der Waals surface area (Å²) in [5, 5.41) is 4.44. The second-order valence-electron chi connectivity index (χ2n) is 4.30. The van der Waals surface area contributed by atoms with E-state index in [1.807, 2.05) is 0 Å². The predicted octanol–water partition coefficient (Wildman–Crippen LogP) is 2.85. The molecule has 0 saturated heterocycles. The highest BCUT2D eigenvalue weighted by Gasteiger charge is 2.12. The first-order valence-corrected chi connectivity index (χ1v) is 6.82. The van der Waals surface area contributed by atoms with E-state index in [0.29, 0.717) is 22.4 Å². The van der Waals surface area contributed by atoms with Crippen molar-refractivity contribution in [1.82, 2.24) is 15.1 Å². The Morgan fingerprint density at radius 1 is 1.21 bits per heavy atom. The maximum Gasteiger partial charge on any atom is 0.227 e. The van der Waals surface area contributed by atoms with E-state index in [9.17, 15) is 0 Å². The quantitative estimate of drug-likeness (QED) is 0.789. The molecule has 5 nitrogen and oxygen atoms in total. The van der Waals surface area contributed by atoms with Gasteiger partial charge in [-0.1, -0.05) is 29.6 Å². The average Bonchev–Trinajstić information content (AvgIpc) is 2.88. The largest absolute Gasteiger partial charge is 0.339 e. The first-order chi connectivity index (χ1) is 9.31. The van der Waals surface area contributed by atoms with Crippen LogP contribution in [-0.2, 0) is 6.42 Å². The fourth-order valence-corrected chi connectivity index (χ4v) is 1.98. The molecular weight excluding hydrogens is 264 g/mol. The summed E-state index contributed by atoms with van der Waals surface area (Å²) in [6.07, 6.45) is 6.80. The minimum absolute atomic E-state index is 0.447. The summed E-state index contributed by atoms with van der Waals surface area (Å²) >= 11 is 6.03. The van der Waals surface area contributed by atoms with Crippen LogP contribution in [0.15, 0.2) is 22.9 Å². The molecule has 19 heavy (non-hydrogen) atoms. The molecule has 0 unspecified atom stereocenters. The van der Waals surface area contributed by atoms with Crippen LogP contribution in [0.2, 0.25) is 5.02 Å². The van der Waals surface area contributed by atoms with E-state index >= 15 is 0 Å². The molecular formula is C13H17ClN4O. The Kier molecular flexibility index (Phi) is 5.30. The van der Waals surface area contributed by atoms with Crippen LogP contribution < -0.4 is 5.73 Å². The number of hydrogen-bond donors (Lipinski definition) is 1. The van der Waals surface area contributed by atoms with Gasteiger partial charge in [0.2, 0.25) is 11.7 Å². The second-order valence-corrected chi connectivity index (χ2v) is 4.71. The minimum atomic E-state index is 0.447. The molecule has 2 aromatic heterocycles. The fourth-order valence-electron chi connectivity index (χ4n) is 1.78. The molecule has 0 bridgehead atoms. The molecule has 0 aliphatic heterocycles. The molecule has 2 aromatic rings. The Balaban J connectivity index is 1.91. The molecule has 0 aliphatic rings. The van der Waals surface area contributed by atoms with Crippen LogP contribution in [-0.4, -0.2) is 21.7 Å². The molecule has 0 aliphatic carbocycles. The van der Waals surface area contributed by atoms with Crippen molar-refractivity contribution in [2.75, 3.05) is 6.54 Å². The normalized spacial score (nSPS) is 10.8. The molecule has 2 rings (SSSR count). The van der Waals surface area contributed by atoms with E-state index in [1.54, 1.807) is 18.3 Å². The van der Waals surface area contributed by atoms with Crippen LogP contribution in [0.1, 0.15) is 31.6 Å². The number of nitrogens with zero attached hydrogens (tertiary/aromatic N) is 3. The summed E-state index contributed by atoms with van der Waals surface area (Å²) in [5.74, 6) is 1.08. The minimum Gasteiger partial charge on any atom is -0.339 e. The van der Waals surface area contributed by atoms with Gasteiger partial charge in [0.25, 0.3) is 0 Å². The highest BCUT2D eigenvalue weighted by Crippen LogP contribution is 2.22. The van der Waals surface area contributed by atoms with Crippen molar-refractivity contribution in [2.45, 2.75) is 32.1 Å². The predicted molar refractivity (Wildman–Crippen MR) is 73.8 cm³/mol. The zero-order chi connectivity index (χ0) is 13.5. The lowest BCUT2D eigenvalue weighted by atomic mass is 10.1. The van der Waals surface area contributed by atoms with Gasteiger partial charge in [-0.15, -0.1) is 0 Å². The summed E-state index contributed by atoms with van der Waals surface area (Å²) in [6, 6.07) is 3.52. The molecule has 0 atom stereocenters. The molecule has 0 fully saturated rings. The van der Waals surface area contributed by atoms with Crippen molar-refractivity contribution in [3.63, 3.8) is 0 Å². The number of unbranched alkanes of at least 4 members (excludes halogenated alkanes) is 3. The third-order valence-corrected chi connectivity index (χ3v) is 3.09. The van der Waals surface area contributed by atoms with Crippen LogP contribution in [0.5, 0.6) is 0 Å². The lowest BCUT2D eigenvalue weighted by Gasteiger charge is -1.96. The number of rotatable bonds is 7. The van der Waals surface area contributed by atoms with Crippen molar-refractivity contribution < 1.29 is 4.52 Å². The summed E-state index contributed by atoms with van der Waals surface area (Å²) in [6.45, 7) is 0.753. The molecule has 2 N–H and O–H groups in total. The monoisotopic (exact) mass is 280 g/mol. The van der Waals surface area contributed by atoms with Crippen LogP contribution >= 0.6 is 11.6 Å². The summed E-state index contributed by atoms with van der Waals surface area (Å²) < 4.78 is 5.20. The van der Waals surface area contributed by atoms with E-state index in [1.165, 1.54) is 0 Å². The van der Waals surface area contributed by atoms with Gasteiger partial charge in [0.05, 0.1) is 5.02 Å². The fraction of sp³-hybridized carbons (Fsp3) is 0.462. The number of halogens is 1. The summed E-state index contributed by atoms with van der Waals surface area (Å²) in [5.41, 5.74) is 6.00. The van der Waals surface area contributed by atoms with Crippen LogP contribution in [0.4, 0.5) is 0 Å². The number of hydrogen-bond acceptors (Lipinski definition) is 5. The maximum atomic E-state index is 6.03. The molecule has 102 valence electrons. The average molecular weight is 281 g/mol. The lowest BCUT2D eigenvalue weighted by molar-refractivity contribution is 0.374. The third kappa shape index (κ3) is 4.01. The second kappa shape index (κ2) is 7.21. The molecule has 0 saturated carbocycles. The van der Waals surface area contributed by atoms with Gasteiger partial charge in [-0.2, -0.15) is 4.98 Å². The van der Waals surface area contributed by atoms with E-state index < -0.39 is 0 Å². The summed E-state index contributed by atoms with van der Waals surface area (Å²) in [4.78, 5) is 8.46. The number of pyridine rings is 1. The number of nitrogens with two attached hydrogens (primary N) is 1.